The second-order valence-corrected chi connectivity index (χ2v) is 7.92. The van der Waals surface area contributed by atoms with Gasteiger partial charge in [-0.3, -0.25) is 4.79 Å². The highest BCUT2D eigenvalue weighted by Crippen LogP contribution is 2.19. The number of benzene rings is 2. The summed E-state index contributed by atoms with van der Waals surface area (Å²) < 4.78 is 35.3. The van der Waals surface area contributed by atoms with Crippen molar-refractivity contribution < 1.29 is 22.4 Å². The van der Waals surface area contributed by atoms with Crippen LogP contribution in [0.3, 0.4) is 0 Å². The molecule has 0 spiro atoms. The number of sulfone groups is 1. The third-order valence-corrected chi connectivity index (χ3v) is 5.47. The van der Waals surface area contributed by atoms with Crippen molar-refractivity contribution in [1.29, 1.82) is 0 Å². The number of methoxy groups -OCH3 is 1. The lowest BCUT2D eigenvalue weighted by Gasteiger charge is -2.06. The lowest BCUT2D eigenvalue weighted by atomic mass is 10.2. The van der Waals surface area contributed by atoms with Crippen LogP contribution in [0.2, 0.25) is 0 Å². The lowest BCUT2D eigenvalue weighted by Crippen LogP contribution is -2.11. The van der Waals surface area contributed by atoms with E-state index in [4.69, 9.17) is 9.15 Å². The Hall–Kier alpha value is -2.90. The summed E-state index contributed by atoms with van der Waals surface area (Å²) in [6, 6.07) is 18.3. The quantitative estimate of drug-likeness (QED) is 0.671. The molecule has 1 amide bonds. The molecule has 0 saturated heterocycles. The van der Waals surface area contributed by atoms with Crippen LogP contribution in [0, 0.1) is 0 Å². The minimum absolute atomic E-state index is 0.0467. The molecule has 0 aliphatic rings. The van der Waals surface area contributed by atoms with Gasteiger partial charge in [0.15, 0.2) is 15.6 Å². The van der Waals surface area contributed by atoms with Gasteiger partial charge in [-0.2, -0.15) is 0 Å². The largest absolute Gasteiger partial charge is 0.455 e. The van der Waals surface area contributed by atoms with Crippen LogP contribution < -0.4 is 5.32 Å². The number of ether oxygens (including phenoxy) is 1. The van der Waals surface area contributed by atoms with Gasteiger partial charge in [-0.25, -0.2) is 8.42 Å². The molecule has 0 fully saturated rings. The number of anilines is 1. The molecule has 3 rings (SSSR count). The molecule has 7 heteroatoms. The van der Waals surface area contributed by atoms with Gasteiger partial charge in [-0.1, -0.05) is 30.3 Å². The Balaban J connectivity index is 1.70. The summed E-state index contributed by atoms with van der Waals surface area (Å²) in [6.45, 7) is 0.436. The van der Waals surface area contributed by atoms with Crippen molar-refractivity contribution in [3.05, 3.63) is 83.8 Å². The number of nitrogens with one attached hydrogen (secondary N) is 1. The molecule has 0 aliphatic carbocycles. The molecule has 6 nitrogen and oxygen atoms in total. The number of hydrogen-bond acceptors (Lipinski definition) is 5. The van der Waals surface area contributed by atoms with Crippen LogP contribution in [0.5, 0.6) is 0 Å². The maximum Gasteiger partial charge on any atom is 0.291 e. The predicted molar refractivity (Wildman–Crippen MR) is 101 cm³/mol. The summed E-state index contributed by atoms with van der Waals surface area (Å²) in [6.07, 6.45) is 0. The van der Waals surface area contributed by atoms with Gasteiger partial charge in [0.2, 0.25) is 0 Å². The highest BCUT2D eigenvalue weighted by molar-refractivity contribution is 7.90. The zero-order valence-electron chi connectivity index (χ0n) is 14.7. The van der Waals surface area contributed by atoms with Crippen molar-refractivity contribution in [2.75, 3.05) is 12.4 Å². The summed E-state index contributed by atoms with van der Waals surface area (Å²) in [7, 11) is -1.94. The third-order valence-electron chi connectivity index (χ3n) is 3.82. The number of amides is 1. The highest BCUT2D eigenvalue weighted by Gasteiger charge is 2.19. The molecule has 0 unspecified atom stereocenters. The fourth-order valence-electron chi connectivity index (χ4n) is 2.57. The Labute approximate surface area is 157 Å². The van der Waals surface area contributed by atoms with Crippen molar-refractivity contribution >= 4 is 21.4 Å². The Morgan fingerprint density at radius 2 is 1.81 bits per heavy atom. The zero-order valence-corrected chi connectivity index (χ0v) is 15.5. The van der Waals surface area contributed by atoms with Crippen LogP contribution >= 0.6 is 0 Å². The third kappa shape index (κ3) is 4.84. The van der Waals surface area contributed by atoms with Gasteiger partial charge in [0, 0.05) is 12.8 Å². The van der Waals surface area contributed by atoms with Crippen molar-refractivity contribution in [2.45, 2.75) is 17.3 Å². The van der Waals surface area contributed by atoms with E-state index in [1.807, 2.05) is 12.1 Å². The summed E-state index contributed by atoms with van der Waals surface area (Å²) in [4.78, 5) is 12.6. The fraction of sp³-hybridized carbons (Fsp3) is 0.150. The normalized spacial score (nSPS) is 11.3. The highest BCUT2D eigenvalue weighted by atomic mass is 32.2. The van der Waals surface area contributed by atoms with E-state index in [2.05, 4.69) is 5.32 Å². The Morgan fingerprint density at radius 1 is 1.04 bits per heavy atom. The second-order valence-electron chi connectivity index (χ2n) is 5.93. The summed E-state index contributed by atoms with van der Waals surface area (Å²) in [5, 5.41) is 2.73. The van der Waals surface area contributed by atoms with E-state index in [1.54, 1.807) is 37.4 Å². The minimum Gasteiger partial charge on any atom is -0.455 e. The van der Waals surface area contributed by atoms with Crippen molar-refractivity contribution in [3.8, 4) is 0 Å². The van der Waals surface area contributed by atoms with E-state index in [1.165, 1.54) is 24.3 Å². The van der Waals surface area contributed by atoms with Gasteiger partial charge in [-0.15, -0.1) is 0 Å². The SMILES string of the molecule is COCc1cccc(NC(=O)c2ccc(CS(=O)(=O)c3ccccc3)o2)c1. The minimum atomic E-state index is -3.54. The maximum atomic E-state index is 12.4. The first-order valence-electron chi connectivity index (χ1n) is 8.24. The van der Waals surface area contributed by atoms with Crippen molar-refractivity contribution in [3.63, 3.8) is 0 Å². The average Bonchev–Trinajstić information content (AvgIpc) is 3.11. The van der Waals surface area contributed by atoms with E-state index < -0.39 is 15.7 Å². The molecule has 0 saturated carbocycles. The molecule has 3 aromatic rings. The first-order chi connectivity index (χ1) is 13.0. The number of carbonyl (C=O) groups is 1. The van der Waals surface area contributed by atoms with Gasteiger partial charge < -0.3 is 14.5 Å². The molecule has 0 aliphatic heterocycles. The van der Waals surface area contributed by atoms with Gasteiger partial charge in [-0.05, 0) is 42.0 Å². The van der Waals surface area contributed by atoms with Gasteiger partial charge in [0.1, 0.15) is 11.5 Å². The van der Waals surface area contributed by atoms with Gasteiger partial charge >= 0.3 is 0 Å². The van der Waals surface area contributed by atoms with Gasteiger partial charge in [0.25, 0.3) is 5.91 Å². The lowest BCUT2D eigenvalue weighted by molar-refractivity contribution is 0.0995. The van der Waals surface area contributed by atoms with E-state index in [0.29, 0.717) is 12.3 Å². The van der Waals surface area contributed by atoms with Crippen molar-refractivity contribution in [2.24, 2.45) is 0 Å². The van der Waals surface area contributed by atoms with Crippen LogP contribution in [0.4, 0.5) is 5.69 Å². The summed E-state index contributed by atoms with van der Waals surface area (Å²) in [5.74, 6) is -0.511. The second kappa shape index (κ2) is 8.20. The monoisotopic (exact) mass is 385 g/mol. The molecule has 0 radical (unpaired) electrons. The van der Waals surface area contributed by atoms with Crippen LogP contribution in [0.15, 0.2) is 76.0 Å². The Morgan fingerprint density at radius 3 is 2.56 bits per heavy atom. The fourth-order valence-corrected chi connectivity index (χ4v) is 3.84. The molecule has 0 bridgehead atoms. The Kier molecular flexibility index (Phi) is 5.73. The molecule has 1 N–H and O–H groups in total. The van der Waals surface area contributed by atoms with E-state index >= 15 is 0 Å². The first-order valence-corrected chi connectivity index (χ1v) is 9.89. The molecular weight excluding hydrogens is 366 g/mol. The van der Waals surface area contributed by atoms with Crippen molar-refractivity contribution in [1.82, 2.24) is 0 Å². The van der Waals surface area contributed by atoms with Crippen LogP contribution in [-0.2, 0) is 26.9 Å². The zero-order chi connectivity index (χ0) is 19.3. The topological polar surface area (TPSA) is 85.6 Å². The number of carbonyl (C=O) groups excluding carboxylic acids is 1. The molecular formula is C20H19NO5S. The number of rotatable bonds is 7. The summed E-state index contributed by atoms with van der Waals surface area (Å²) >= 11 is 0. The van der Waals surface area contributed by atoms with E-state index in [-0.39, 0.29) is 22.2 Å². The number of furan rings is 1. The van der Waals surface area contributed by atoms with E-state index in [9.17, 15) is 13.2 Å². The average molecular weight is 385 g/mol. The van der Waals surface area contributed by atoms with Crippen LogP contribution in [0.1, 0.15) is 21.9 Å². The standard InChI is InChI=1S/C20H19NO5S/c1-25-13-15-6-5-7-16(12-15)21-20(22)19-11-10-17(26-19)14-27(23,24)18-8-3-2-4-9-18/h2-12H,13-14H2,1H3,(H,21,22). The molecule has 0 atom stereocenters. The number of hydrogen-bond donors (Lipinski definition) is 1. The molecule has 2 aromatic carbocycles. The Bertz CT molecular complexity index is 1030. The predicted octanol–water partition coefficient (Wildman–Crippen LogP) is 3.65. The molecule has 1 aromatic heterocycles. The van der Waals surface area contributed by atoms with Crippen LogP contribution in [0.25, 0.3) is 0 Å². The molecule has 1 heterocycles. The van der Waals surface area contributed by atoms with E-state index in [0.717, 1.165) is 5.56 Å². The first kappa shape index (κ1) is 18.9. The smallest absolute Gasteiger partial charge is 0.291 e. The molecule has 140 valence electrons. The van der Waals surface area contributed by atoms with Gasteiger partial charge in [0.05, 0.1) is 11.5 Å². The summed E-state index contributed by atoms with van der Waals surface area (Å²) in [5.41, 5.74) is 1.52. The molecule has 27 heavy (non-hydrogen) atoms. The van der Waals surface area contributed by atoms with Crippen LogP contribution in [-0.4, -0.2) is 21.4 Å². The maximum absolute atomic E-state index is 12.4.